The van der Waals surface area contributed by atoms with Gasteiger partial charge in [-0.05, 0) is 30.3 Å². The molecule has 0 spiro atoms. The molecule has 6 nitrogen and oxygen atoms in total. The number of pyridine rings is 2. The summed E-state index contributed by atoms with van der Waals surface area (Å²) in [5, 5.41) is 11.8. The molecular formula is C14H17N5O. The van der Waals surface area contributed by atoms with E-state index < -0.39 is 0 Å². The van der Waals surface area contributed by atoms with Gasteiger partial charge in [-0.25, -0.2) is 0 Å². The molecule has 2 heterocycles. The predicted molar refractivity (Wildman–Crippen MR) is 76.2 cm³/mol. The standard InChI is InChI=1S/C14H17N5O/c1-19(9-11-4-2-6-16-8-11)10-12-5-3-7-17-13(12)14(15)18-20/h2-8,20H,9-10H2,1H3,(H2,15,18). The molecule has 0 saturated carbocycles. The monoisotopic (exact) mass is 271 g/mol. The van der Waals surface area contributed by atoms with Crippen LogP contribution in [0.2, 0.25) is 0 Å². The van der Waals surface area contributed by atoms with Crippen LogP contribution in [0.3, 0.4) is 0 Å². The van der Waals surface area contributed by atoms with Gasteiger partial charge >= 0.3 is 0 Å². The molecule has 3 N–H and O–H groups in total. The van der Waals surface area contributed by atoms with Gasteiger partial charge in [-0.15, -0.1) is 0 Å². The van der Waals surface area contributed by atoms with Crippen LogP contribution in [0.15, 0.2) is 48.0 Å². The first-order valence-electron chi connectivity index (χ1n) is 6.20. The summed E-state index contributed by atoms with van der Waals surface area (Å²) in [5.41, 5.74) is 8.18. The van der Waals surface area contributed by atoms with E-state index in [-0.39, 0.29) is 5.84 Å². The van der Waals surface area contributed by atoms with Gasteiger partial charge in [0.15, 0.2) is 5.84 Å². The Morgan fingerprint density at radius 1 is 1.30 bits per heavy atom. The summed E-state index contributed by atoms with van der Waals surface area (Å²) in [7, 11) is 2.00. The van der Waals surface area contributed by atoms with Crippen LogP contribution in [0.1, 0.15) is 16.8 Å². The van der Waals surface area contributed by atoms with Crippen molar-refractivity contribution in [3.8, 4) is 0 Å². The van der Waals surface area contributed by atoms with Gasteiger partial charge in [0.05, 0.1) is 0 Å². The molecule has 104 valence electrons. The van der Waals surface area contributed by atoms with E-state index in [2.05, 4.69) is 20.0 Å². The lowest BCUT2D eigenvalue weighted by molar-refractivity contribution is 0.314. The van der Waals surface area contributed by atoms with Gasteiger partial charge < -0.3 is 10.9 Å². The highest BCUT2D eigenvalue weighted by atomic mass is 16.4. The fourth-order valence-electron chi connectivity index (χ4n) is 1.99. The molecule has 20 heavy (non-hydrogen) atoms. The van der Waals surface area contributed by atoms with Gasteiger partial charge in [0.2, 0.25) is 0 Å². The average Bonchev–Trinajstić information content (AvgIpc) is 2.48. The topological polar surface area (TPSA) is 87.6 Å². The molecule has 0 aliphatic rings. The normalized spacial score (nSPS) is 11.8. The maximum atomic E-state index is 8.78. The van der Waals surface area contributed by atoms with E-state index in [4.69, 9.17) is 10.9 Å². The highest BCUT2D eigenvalue weighted by Gasteiger charge is 2.10. The molecule has 0 radical (unpaired) electrons. The number of hydrogen-bond donors (Lipinski definition) is 2. The molecule has 6 heteroatoms. The van der Waals surface area contributed by atoms with E-state index >= 15 is 0 Å². The van der Waals surface area contributed by atoms with Gasteiger partial charge in [0, 0.05) is 31.7 Å². The van der Waals surface area contributed by atoms with E-state index in [0.717, 1.165) is 17.7 Å². The maximum absolute atomic E-state index is 8.78. The van der Waals surface area contributed by atoms with Gasteiger partial charge in [0.1, 0.15) is 5.69 Å². The van der Waals surface area contributed by atoms with Crippen molar-refractivity contribution in [2.24, 2.45) is 10.9 Å². The number of nitrogens with two attached hydrogens (primary N) is 1. The quantitative estimate of drug-likeness (QED) is 0.369. The fraction of sp³-hybridized carbons (Fsp3) is 0.214. The third kappa shape index (κ3) is 3.52. The summed E-state index contributed by atoms with van der Waals surface area (Å²) in [6.45, 7) is 1.41. The SMILES string of the molecule is CN(Cc1cccnc1)Cc1cccnc1C(N)=NO. The number of aromatic nitrogens is 2. The van der Waals surface area contributed by atoms with E-state index in [9.17, 15) is 0 Å². The zero-order chi connectivity index (χ0) is 14.4. The first-order chi connectivity index (χ1) is 9.70. The maximum Gasteiger partial charge on any atom is 0.189 e. The van der Waals surface area contributed by atoms with E-state index in [1.54, 1.807) is 12.4 Å². The predicted octanol–water partition coefficient (Wildman–Crippen LogP) is 1.20. The van der Waals surface area contributed by atoms with Gasteiger partial charge in [0.25, 0.3) is 0 Å². The Labute approximate surface area is 117 Å². The molecule has 2 rings (SSSR count). The van der Waals surface area contributed by atoms with Gasteiger partial charge in [-0.3, -0.25) is 14.9 Å². The van der Waals surface area contributed by atoms with E-state index in [1.807, 2.05) is 37.5 Å². The molecule has 0 aliphatic carbocycles. The van der Waals surface area contributed by atoms with Crippen molar-refractivity contribution >= 4 is 5.84 Å². The third-order valence-corrected chi connectivity index (χ3v) is 2.86. The lowest BCUT2D eigenvalue weighted by atomic mass is 10.1. The van der Waals surface area contributed by atoms with Crippen LogP contribution < -0.4 is 5.73 Å². The first-order valence-corrected chi connectivity index (χ1v) is 6.20. The zero-order valence-corrected chi connectivity index (χ0v) is 11.3. The molecule has 0 saturated heterocycles. The number of amidine groups is 1. The molecule has 2 aromatic rings. The van der Waals surface area contributed by atoms with Crippen LogP contribution in [0.4, 0.5) is 0 Å². The summed E-state index contributed by atoms with van der Waals surface area (Å²) < 4.78 is 0. The Bertz CT molecular complexity index is 585. The summed E-state index contributed by atoms with van der Waals surface area (Å²) in [6, 6.07) is 7.69. The van der Waals surface area contributed by atoms with Crippen molar-refractivity contribution in [3.05, 3.63) is 59.7 Å². The first kappa shape index (κ1) is 14.0. The van der Waals surface area contributed by atoms with Crippen molar-refractivity contribution in [1.82, 2.24) is 14.9 Å². The minimum Gasteiger partial charge on any atom is -0.409 e. The van der Waals surface area contributed by atoms with Crippen molar-refractivity contribution < 1.29 is 5.21 Å². The fourth-order valence-corrected chi connectivity index (χ4v) is 1.99. The number of hydrogen-bond acceptors (Lipinski definition) is 5. The van der Waals surface area contributed by atoms with E-state index in [0.29, 0.717) is 12.2 Å². The highest BCUT2D eigenvalue weighted by Crippen LogP contribution is 2.10. The Morgan fingerprint density at radius 3 is 2.80 bits per heavy atom. The largest absolute Gasteiger partial charge is 0.409 e. The van der Waals surface area contributed by atoms with E-state index in [1.165, 1.54) is 0 Å². The van der Waals surface area contributed by atoms with Crippen LogP contribution in [0.5, 0.6) is 0 Å². The molecule has 0 atom stereocenters. The summed E-state index contributed by atoms with van der Waals surface area (Å²) >= 11 is 0. The highest BCUT2D eigenvalue weighted by molar-refractivity contribution is 5.96. The second kappa shape index (κ2) is 6.63. The molecule has 0 bridgehead atoms. The number of oxime groups is 1. The van der Waals surface area contributed by atoms with Gasteiger partial charge in [-0.1, -0.05) is 17.3 Å². The molecule has 0 aliphatic heterocycles. The lowest BCUT2D eigenvalue weighted by Gasteiger charge is -2.17. The Balaban J connectivity index is 2.10. The van der Waals surface area contributed by atoms with Crippen LogP contribution >= 0.6 is 0 Å². The third-order valence-electron chi connectivity index (χ3n) is 2.86. The average molecular weight is 271 g/mol. The van der Waals surface area contributed by atoms with Crippen LogP contribution in [0, 0.1) is 0 Å². The minimum atomic E-state index is 0.0235. The van der Waals surface area contributed by atoms with Gasteiger partial charge in [-0.2, -0.15) is 0 Å². The van der Waals surface area contributed by atoms with Crippen molar-refractivity contribution in [1.29, 1.82) is 0 Å². The van der Waals surface area contributed by atoms with Crippen LogP contribution in [-0.2, 0) is 13.1 Å². The summed E-state index contributed by atoms with van der Waals surface area (Å²) in [6.07, 6.45) is 5.21. The van der Waals surface area contributed by atoms with Crippen LogP contribution in [-0.4, -0.2) is 33.0 Å². The molecule has 0 amide bonds. The van der Waals surface area contributed by atoms with Crippen LogP contribution in [0.25, 0.3) is 0 Å². The van der Waals surface area contributed by atoms with Crippen molar-refractivity contribution in [2.45, 2.75) is 13.1 Å². The lowest BCUT2D eigenvalue weighted by Crippen LogP contribution is -2.22. The minimum absolute atomic E-state index is 0.0235. The smallest absolute Gasteiger partial charge is 0.189 e. The van der Waals surface area contributed by atoms with Crippen molar-refractivity contribution in [2.75, 3.05) is 7.05 Å². The molecule has 0 aromatic carbocycles. The zero-order valence-electron chi connectivity index (χ0n) is 11.3. The Kier molecular flexibility index (Phi) is 4.62. The Morgan fingerprint density at radius 2 is 2.10 bits per heavy atom. The number of rotatable bonds is 5. The molecule has 0 fully saturated rings. The summed E-state index contributed by atoms with van der Waals surface area (Å²) in [5.74, 6) is 0.0235. The summed E-state index contributed by atoms with van der Waals surface area (Å²) in [4.78, 5) is 10.4. The second-order valence-electron chi connectivity index (χ2n) is 4.53. The number of nitrogens with zero attached hydrogens (tertiary/aromatic N) is 4. The molecular weight excluding hydrogens is 254 g/mol. The molecule has 0 unspecified atom stereocenters. The molecule has 2 aromatic heterocycles. The second-order valence-corrected chi connectivity index (χ2v) is 4.53. The van der Waals surface area contributed by atoms with Crippen molar-refractivity contribution in [3.63, 3.8) is 0 Å². The Hall–Kier alpha value is -2.47.